The molecule has 1 N–H and O–H groups in total. The Labute approximate surface area is 150 Å². The number of carbonyl (C=O) groups excluding carboxylic acids is 1. The Morgan fingerprint density at radius 1 is 1.25 bits per heavy atom. The molecule has 1 aliphatic rings. The highest BCUT2D eigenvalue weighted by Gasteiger charge is 2.25. The van der Waals surface area contributed by atoms with E-state index in [1.54, 1.807) is 30.3 Å². The van der Waals surface area contributed by atoms with E-state index in [0.717, 1.165) is 24.1 Å². The predicted octanol–water partition coefficient (Wildman–Crippen LogP) is 4.91. The van der Waals surface area contributed by atoms with Gasteiger partial charge in [-0.05, 0) is 61.7 Å². The number of hydrogen-bond donors (Lipinski definition) is 1. The van der Waals surface area contributed by atoms with Crippen LogP contribution in [0.1, 0.15) is 18.9 Å². The number of anilines is 2. The predicted molar refractivity (Wildman–Crippen MR) is 96.6 cm³/mol. The van der Waals surface area contributed by atoms with Crippen LogP contribution in [-0.4, -0.2) is 18.5 Å². The van der Waals surface area contributed by atoms with Gasteiger partial charge < -0.3 is 10.2 Å². The highest BCUT2D eigenvalue weighted by atomic mass is 35.5. The van der Waals surface area contributed by atoms with Crippen molar-refractivity contribution in [2.45, 2.75) is 25.8 Å². The second-order valence-electron chi connectivity index (χ2n) is 5.97. The van der Waals surface area contributed by atoms with Gasteiger partial charge in [0.2, 0.25) is 5.91 Å². The van der Waals surface area contributed by atoms with E-state index in [-0.39, 0.29) is 24.3 Å². The molecule has 0 radical (unpaired) electrons. The Kier molecular flexibility index (Phi) is 4.97. The van der Waals surface area contributed by atoms with Crippen LogP contribution < -0.4 is 10.2 Å². The molecule has 0 saturated carbocycles. The van der Waals surface area contributed by atoms with Crippen LogP contribution in [0.2, 0.25) is 10.0 Å². The third-order valence-electron chi connectivity index (χ3n) is 4.23. The third kappa shape index (κ3) is 3.65. The zero-order valence-electron chi connectivity index (χ0n) is 13.2. The van der Waals surface area contributed by atoms with Gasteiger partial charge in [0.1, 0.15) is 5.82 Å². The molecule has 0 fully saturated rings. The molecule has 2 aromatic carbocycles. The topological polar surface area (TPSA) is 32.3 Å². The van der Waals surface area contributed by atoms with Crippen molar-refractivity contribution >= 4 is 40.5 Å². The summed E-state index contributed by atoms with van der Waals surface area (Å²) in [6, 6.07) is 9.89. The van der Waals surface area contributed by atoms with Crippen molar-refractivity contribution in [1.29, 1.82) is 0 Å². The van der Waals surface area contributed by atoms with Gasteiger partial charge in [0, 0.05) is 17.4 Å². The molecule has 1 unspecified atom stereocenters. The summed E-state index contributed by atoms with van der Waals surface area (Å²) in [5, 5.41) is 3.65. The Hall–Kier alpha value is -1.78. The van der Waals surface area contributed by atoms with E-state index in [1.807, 2.05) is 4.90 Å². The second-order valence-corrected chi connectivity index (χ2v) is 6.78. The largest absolute Gasteiger partial charge is 0.359 e. The molecule has 0 aromatic heterocycles. The number of halogens is 3. The lowest BCUT2D eigenvalue weighted by atomic mass is 9.96. The fourth-order valence-corrected chi connectivity index (χ4v) is 3.26. The van der Waals surface area contributed by atoms with Gasteiger partial charge in [-0.1, -0.05) is 23.2 Å². The zero-order valence-corrected chi connectivity index (χ0v) is 14.7. The first kappa shape index (κ1) is 17.1. The first-order valence-corrected chi connectivity index (χ1v) is 8.49. The fourth-order valence-electron chi connectivity index (χ4n) is 2.96. The molecule has 3 rings (SSSR count). The minimum absolute atomic E-state index is 0.155. The van der Waals surface area contributed by atoms with Crippen LogP contribution in [-0.2, 0) is 11.2 Å². The van der Waals surface area contributed by atoms with Gasteiger partial charge in [-0.15, -0.1) is 0 Å². The number of rotatable bonds is 3. The molecule has 0 spiro atoms. The van der Waals surface area contributed by atoms with Crippen molar-refractivity contribution in [1.82, 2.24) is 0 Å². The molecule has 3 nitrogen and oxygen atoms in total. The average molecular weight is 367 g/mol. The number of fused-ring (bicyclic) bond motifs is 1. The number of carbonyl (C=O) groups is 1. The normalized spacial score (nSPS) is 16.7. The number of amides is 1. The van der Waals surface area contributed by atoms with E-state index in [4.69, 9.17) is 23.2 Å². The highest BCUT2D eigenvalue weighted by Crippen LogP contribution is 2.31. The van der Waals surface area contributed by atoms with Crippen LogP contribution in [0.3, 0.4) is 0 Å². The number of hydrogen-bond acceptors (Lipinski definition) is 2. The van der Waals surface area contributed by atoms with Crippen molar-refractivity contribution in [2.24, 2.45) is 0 Å². The summed E-state index contributed by atoms with van der Waals surface area (Å²) in [6.45, 7) is 2.26. The molecule has 126 valence electrons. The molecule has 1 heterocycles. The molecule has 0 bridgehead atoms. The summed E-state index contributed by atoms with van der Waals surface area (Å²) in [5.74, 6) is -0.402. The Balaban J connectivity index is 1.75. The monoisotopic (exact) mass is 366 g/mol. The van der Waals surface area contributed by atoms with Crippen LogP contribution in [0, 0.1) is 5.82 Å². The Morgan fingerprint density at radius 2 is 2.04 bits per heavy atom. The van der Waals surface area contributed by atoms with Gasteiger partial charge in [0.15, 0.2) is 0 Å². The summed E-state index contributed by atoms with van der Waals surface area (Å²) in [7, 11) is 0. The number of benzene rings is 2. The quantitative estimate of drug-likeness (QED) is 0.836. The fraction of sp³-hybridized carbons (Fsp3) is 0.278. The molecular weight excluding hydrogens is 350 g/mol. The van der Waals surface area contributed by atoms with Crippen LogP contribution in [0.15, 0.2) is 36.4 Å². The van der Waals surface area contributed by atoms with Crippen molar-refractivity contribution in [3.05, 3.63) is 57.8 Å². The van der Waals surface area contributed by atoms with Crippen molar-refractivity contribution < 1.29 is 9.18 Å². The molecule has 24 heavy (non-hydrogen) atoms. The van der Waals surface area contributed by atoms with Gasteiger partial charge in [0.25, 0.3) is 0 Å². The first-order valence-electron chi connectivity index (χ1n) is 7.74. The maximum Gasteiger partial charge on any atom is 0.243 e. The SMILES string of the molecule is CC1CCc2cc(F)ccc2N1CC(=O)Nc1ccc(Cl)c(Cl)c1. The van der Waals surface area contributed by atoms with Crippen LogP contribution in [0.25, 0.3) is 0 Å². The second kappa shape index (κ2) is 6.99. The van der Waals surface area contributed by atoms with Gasteiger partial charge in [-0.3, -0.25) is 4.79 Å². The Morgan fingerprint density at radius 3 is 2.79 bits per heavy atom. The van der Waals surface area contributed by atoms with Crippen molar-refractivity contribution in [3.63, 3.8) is 0 Å². The summed E-state index contributed by atoms with van der Waals surface area (Å²) in [5.41, 5.74) is 2.45. The minimum atomic E-state index is -0.247. The van der Waals surface area contributed by atoms with E-state index >= 15 is 0 Å². The standard InChI is InChI=1S/C18H17Cl2FN2O/c1-11-2-3-12-8-13(21)4-7-17(12)23(11)10-18(24)22-14-5-6-15(19)16(20)9-14/h4-9,11H,2-3,10H2,1H3,(H,22,24). The molecule has 0 aliphatic carbocycles. The van der Waals surface area contributed by atoms with Crippen molar-refractivity contribution in [3.8, 4) is 0 Å². The molecule has 1 aliphatic heterocycles. The zero-order chi connectivity index (χ0) is 17.3. The third-order valence-corrected chi connectivity index (χ3v) is 4.97. The van der Waals surface area contributed by atoms with E-state index in [0.29, 0.717) is 15.7 Å². The molecule has 0 saturated heterocycles. The average Bonchev–Trinajstić information content (AvgIpc) is 2.53. The first-order chi connectivity index (χ1) is 11.4. The number of aryl methyl sites for hydroxylation is 1. The van der Waals surface area contributed by atoms with E-state index in [9.17, 15) is 9.18 Å². The minimum Gasteiger partial charge on any atom is -0.359 e. The number of nitrogens with one attached hydrogen (secondary N) is 1. The van der Waals surface area contributed by atoms with Crippen LogP contribution >= 0.6 is 23.2 Å². The van der Waals surface area contributed by atoms with Gasteiger partial charge in [0.05, 0.1) is 16.6 Å². The highest BCUT2D eigenvalue weighted by molar-refractivity contribution is 6.42. The maximum atomic E-state index is 13.4. The summed E-state index contributed by atoms with van der Waals surface area (Å²) in [4.78, 5) is 14.4. The van der Waals surface area contributed by atoms with E-state index in [1.165, 1.54) is 6.07 Å². The molecule has 1 amide bonds. The lowest BCUT2D eigenvalue weighted by molar-refractivity contribution is -0.115. The van der Waals surface area contributed by atoms with Crippen LogP contribution in [0.5, 0.6) is 0 Å². The molecule has 1 atom stereocenters. The molecule has 6 heteroatoms. The lowest BCUT2D eigenvalue weighted by Gasteiger charge is -2.36. The van der Waals surface area contributed by atoms with Crippen LogP contribution in [0.4, 0.5) is 15.8 Å². The Bertz CT molecular complexity index is 782. The van der Waals surface area contributed by atoms with Gasteiger partial charge in [-0.2, -0.15) is 0 Å². The van der Waals surface area contributed by atoms with Gasteiger partial charge in [-0.25, -0.2) is 4.39 Å². The molecule has 2 aromatic rings. The summed E-state index contributed by atoms with van der Waals surface area (Å²) in [6.07, 6.45) is 1.70. The summed E-state index contributed by atoms with van der Waals surface area (Å²) >= 11 is 11.8. The molecular formula is C18H17Cl2FN2O. The van der Waals surface area contributed by atoms with Crippen molar-refractivity contribution in [2.75, 3.05) is 16.8 Å². The van der Waals surface area contributed by atoms with E-state index < -0.39 is 0 Å². The van der Waals surface area contributed by atoms with Gasteiger partial charge >= 0.3 is 0 Å². The lowest BCUT2D eigenvalue weighted by Crippen LogP contribution is -2.42. The number of nitrogens with zero attached hydrogens (tertiary/aromatic N) is 1. The maximum absolute atomic E-state index is 13.4. The smallest absolute Gasteiger partial charge is 0.243 e. The summed E-state index contributed by atoms with van der Waals surface area (Å²) < 4.78 is 13.4. The van der Waals surface area contributed by atoms with E-state index in [2.05, 4.69) is 12.2 Å².